The molecular formula is C34H30N4O3. The van der Waals surface area contributed by atoms with Gasteiger partial charge in [-0.3, -0.25) is 14.5 Å². The van der Waals surface area contributed by atoms with E-state index in [-0.39, 0.29) is 18.0 Å². The maximum Gasteiger partial charge on any atom is 0.271 e. The molecule has 2 heterocycles. The van der Waals surface area contributed by atoms with Crippen LogP contribution in [0.1, 0.15) is 31.9 Å². The van der Waals surface area contributed by atoms with Gasteiger partial charge in [-0.15, -0.1) is 0 Å². The van der Waals surface area contributed by atoms with Gasteiger partial charge in [0.15, 0.2) is 0 Å². The first-order chi connectivity index (χ1) is 19.9. The van der Waals surface area contributed by atoms with Gasteiger partial charge >= 0.3 is 0 Å². The van der Waals surface area contributed by atoms with Crippen LogP contribution in [0.2, 0.25) is 0 Å². The summed E-state index contributed by atoms with van der Waals surface area (Å²) in [6.45, 7) is 6.19. The number of nitriles is 1. The molecule has 5 rings (SSSR count). The number of nitrogens with zero attached hydrogens (tertiary/aromatic N) is 4. The minimum absolute atomic E-state index is 0.0200. The largest absolute Gasteiger partial charge is 0.489 e. The number of rotatable bonds is 8. The van der Waals surface area contributed by atoms with E-state index in [1.165, 1.54) is 4.90 Å². The van der Waals surface area contributed by atoms with E-state index in [4.69, 9.17) is 9.84 Å². The van der Waals surface area contributed by atoms with Crippen molar-refractivity contribution in [1.29, 1.82) is 5.26 Å². The fourth-order valence-electron chi connectivity index (χ4n) is 4.70. The summed E-state index contributed by atoms with van der Waals surface area (Å²) in [5, 5.41) is 14.6. The maximum absolute atomic E-state index is 13.6. The Morgan fingerprint density at radius 3 is 2.22 bits per heavy atom. The lowest BCUT2D eigenvalue weighted by Crippen LogP contribution is -2.44. The Hall–Kier alpha value is -5.22. The van der Waals surface area contributed by atoms with Gasteiger partial charge in [0.2, 0.25) is 0 Å². The van der Waals surface area contributed by atoms with E-state index in [0.29, 0.717) is 29.0 Å². The number of carbonyl (C=O) groups excluding carboxylic acids is 2. The van der Waals surface area contributed by atoms with Crippen LogP contribution in [-0.4, -0.2) is 33.0 Å². The zero-order valence-corrected chi connectivity index (χ0v) is 23.2. The number of aromatic nitrogens is 2. The molecule has 0 saturated carbocycles. The number of hydrogen-bond acceptors (Lipinski definition) is 5. The molecule has 0 radical (unpaired) electrons. The molecule has 0 saturated heterocycles. The molecule has 41 heavy (non-hydrogen) atoms. The molecule has 0 fully saturated rings. The monoisotopic (exact) mass is 542 g/mol. The van der Waals surface area contributed by atoms with Crippen LogP contribution in [0, 0.1) is 17.2 Å². The minimum atomic E-state index is -0.549. The topological polar surface area (TPSA) is 88.2 Å². The van der Waals surface area contributed by atoms with E-state index in [1.807, 2.05) is 111 Å². The van der Waals surface area contributed by atoms with Crippen LogP contribution < -0.4 is 4.74 Å². The summed E-state index contributed by atoms with van der Waals surface area (Å²) in [6.07, 6.45) is 3.59. The molecule has 2 amide bonds. The molecule has 0 bridgehead atoms. The molecule has 1 aliphatic rings. The summed E-state index contributed by atoms with van der Waals surface area (Å²) in [7, 11) is 0. The van der Waals surface area contributed by atoms with Gasteiger partial charge in [0.25, 0.3) is 11.8 Å². The molecule has 204 valence electrons. The van der Waals surface area contributed by atoms with Crippen molar-refractivity contribution in [2.24, 2.45) is 5.92 Å². The lowest BCUT2D eigenvalue weighted by molar-refractivity contribution is -0.141. The maximum atomic E-state index is 13.6. The number of carbonyl (C=O) groups is 2. The predicted molar refractivity (Wildman–Crippen MR) is 158 cm³/mol. The van der Waals surface area contributed by atoms with Crippen LogP contribution in [0.15, 0.2) is 108 Å². The molecule has 3 aromatic carbocycles. The van der Waals surface area contributed by atoms with Gasteiger partial charge in [0.1, 0.15) is 24.0 Å². The van der Waals surface area contributed by atoms with Crippen LogP contribution in [0.25, 0.3) is 23.0 Å². The van der Waals surface area contributed by atoms with Gasteiger partial charge in [0, 0.05) is 29.4 Å². The Bertz CT molecular complexity index is 1680. The molecule has 7 nitrogen and oxygen atoms in total. The fourth-order valence-corrected chi connectivity index (χ4v) is 4.70. The quantitative estimate of drug-likeness (QED) is 0.191. The summed E-state index contributed by atoms with van der Waals surface area (Å²) < 4.78 is 7.72. The molecule has 0 atom stereocenters. The molecule has 0 unspecified atom stereocenters. The van der Waals surface area contributed by atoms with E-state index < -0.39 is 11.8 Å². The Morgan fingerprint density at radius 1 is 0.927 bits per heavy atom. The number of ether oxygens (including phenoxy) is 1. The van der Waals surface area contributed by atoms with Crippen LogP contribution in [-0.2, 0) is 16.2 Å². The molecule has 0 spiro atoms. The second-order valence-corrected chi connectivity index (χ2v) is 10.3. The normalized spacial score (nSPS) is 14.6. The van der Waals surface area contributed by atoms with Gasteiger partial charge in [-0.05, 0) is 66.5 Å². The molecule has 7 heteroatoms. The molecule has 1 aliphatic heterocycles. The van der Waals surface area contributed by atoms with Gasteiger partial charge in [-0.1, -0.05) is 62.4 Å². The lowest BCUT2D eigenvalue weighted by atomic mass is 9.92. The summed E-state index contributed by atoms with van der Waals surface area (Å²) in [5.74, 6) is -0.181. The number of imide groups is 1. The van der Waals surface area contributed by atoms with Crippen LogP contribution >= 0.6 is 0 Å². The van der Waals surface area contributed by atoms with Gasteiger partial charge in [0.05, 0.1) is 11.4 Å². The van der Waals surface area contributed by atoms with Crippen LogP contribution in [0.3, 0.4) is 0 Å². The summed E-state index contributed by atoms with van der Waals surface area (Å²) in [6, 6.07) is 29.3. The highest BCUT2D eigenvalue weighted by molar-refractivity contribution is 6.19. The van der Waals surface area contributed by atoms with Crippen LogP contribution in [0.5, 0.6) is 5.75 Å². The van der Waals surface area contributed by atoms with Crippen molar-refractivity contribution in [2.75, 3.05) is 6.54 Å². The highest BCUT2D eigenvalue weighted by Crippen LogP contribution is 2.32. The van der Waals surface area contributed by atoms with Crippen molar-refractivity contribution in [3.63, 3.8) is 0 Å². The second kappa shape index (κ2) is 11.9. The average molecular weight is 543 g/mol. The summed E-state index contributed by atoms with van der Waals surface area (Å²) in [4.78, 5) is 27.7. The van der Waals surface area contributed by atoms with E-state index in [1.54, 1.807) is 17.7 Å². The van der Waals surface area contributed by atoms with Gasteiger partial charge < -0.3 is 4.74 Å². The van der Waals surface area contributed by atoms with Crippen molar-refractivity contribution >= 4 is 17.9 Å². The number of para-hydroxylation sites is 1. The summed E-state index contributed by atoms with van der Waals surface area (Å²) >= 11 is 0. The number of benzene rings is 3. The minimum Gasteiger partial charge on any atom is -0.489 e. The summed E-state index contributed by atoms with van der Waals surface area (Å²) in [5.41, 5.74) is 4.76. The van der Waals surface area contributed by atoms with E-state index in [2.05, 4.69) is 0 Å². The molecule has 1 aromatic heterocycles. The molecular weight excluding hydrogens is 512 g/mol. The van der Waals surface area contributed by atoms with Crippen molar-refractivity contribution < 1.29 is 14.3 Å². The highest BCUT2D eigenvalue weighted by Gasteiger charge is 2.36. The SMILES string of the molecule is CC1=C(C#N)C(=O)N(CC(C)C)C(=O)/C1=C/c1cn(-c2ccccc2)nc1-c1ccc(OCc2ccccc2)cc1. The third-order valence-corrected chi connectivity index (χ3v) is 6.81. The highest BCUT2D eigenvalue weighted by atomic mass is 16.5. The van der Waals surface area contributed by atoms with E-state index in [9.17, 15) is 14.9 Å². The predicted octanol–water partition coefficient (Wildman–Crippen LogP) is 6.37. The smallest absolute Gasteiger partial charge is 0.271 e. The lowest BCUT2D eigenvalue weighted by Gasteiger charge is -2.28. The third-order valence-electron chi connectivity index (χ3n) is 6.81. The Balaban J connectivity index is 1.55. The van der Waals surface area contributed by atoms with Gasteiger partial charge in [-0.25, -0.2) is 4.68 Å². The second-order valence-electron chi connectivity index (χ2n) is 10.3. The average Bonchev–Trinajstić information content (AvgIpc) is 3.42. The van der Waals surface area contributed by atoms with Gasteiger partial charge in [-0.2, -0.15) is 10.4 Å². The first-order valence-electron chi connectivity index (χ1n) is 13.5. The number of hydrogen-bond donors (Lipinski definition) is 0. The van der Waals surface area contributed by atoms with E-state index in [0.717, 1.165) is 22.6 Å². The zero-order chi connectivity index (χ0) is 28.9. The van der Waals surface area contributed by atoms with Crippen molar-refractivity contribution in [3.05, 3.63) is 119 Å². The van der Waals surface area contributed by atoms with Crippen molar-refractivity contribution in [1.82, 2.24) is 14.7 Å². The first kappa shape index (κ1) is 27.4. The first-order valence-corrected chi connectivity index (χ1v) is 13.5. The Labute approximate surface area is 239 Å². The standard InChI is InChI=1S/C34H30N4O3/c1-23(2)20-37-33(39)30(24(3)31(19-35)34(37)40)18-27-21-38(28-12-8-5-9-13-28)36-32(27)26-14-16-29(17-15-26)41-22-25-10-6-4-7-11-25/h4-18,21,23H,20,22H2,1-3H3/b30-18+. The van der Waals surface area contributed by atoms with Crippen molar-refractivity contribution in [3.8, 4) is 28.8 Å². The van der Waals surface area contributed by atoms with E-state index >= 15 is 0 Å². The third kappa shape index (κ3) is 5.87. The van der Waals surface area contributed by atoms with Crippen LogP contribution in [0.4, 0.5) is 0 Å². The molecule has 4 aromatic rings. The van der Waals surface area contributed by atoms with Crippen molar-refractivity contribution in [2.45, 2.75) is 27.4 Å². The Morgan fingerprint density at radius 2 is 1.59 bits per heavy atom. The molecule has 0 aliphatic carbocycles. The fraction of sp³-hybridized carbons (Fsp3) is 0.176. The number of amides is 2. The molecule has 0 N–H and O–H groups in total. The Kier molecular flexibility index (Phi) is 7.93. The zero-order valence-electron chi connectivity index (χ0n) is 23.2.